The van der Waals surface area contributed by atoms with Crippen molar-refractivity contribution >= 4 is 0 Å². The Morgan fingerprint density at radius 2 is 1.88 bits per heavy atom. The average molecular weight is 230 g/mol. The molecule has 1 aromatic rings. The summed E-state index contributed by atoms with van der Waals surface area (Å²) < 4.78 is 0. The summed E-state index contributed by atoms with van der Waals surface area (Å²) in [6.45, 7) is 2.52. The van der Waals surface area contributed by atoms with Gasteiger partial charge in [-0.2, -0.15) is 0 Å². The summed E-state index contributed by atoms with van der Waals surface area (Å²) in [7, 11) is 2.09. The molecule has 1 aromatic carbocycles. The van der Waals surface area contributed by atoms with Gasteiger partial charge in [0, 0.05) is 18.6 Å². The van der Waals surface area contributed by atoms with E-state index >= 15 is 0 Å². The van der Waals surface area contributed by atoms with Crippen LogP contribution in [0.25, 0.3) is 0 Å². The van der Waals surface area contributed by atoms with E-state index in [1.807, 2.05) is 0 Å². The first kappa shape index (κ1) is 11.2. The predicted octanol–water partition coefficient (Wildman–Crippen LogP) is 1.84. The molecule has 17 heavy (non-hydrogen) atoms. The molecule has 2 heteroatoms. The van der Waals surface area contributed by atoms with E-state index in [-0.39, 0.29) is 0 Å². The number of nitrogens with zero attached hydrogens (tertiary/aromatic N) is 1. The number of likely N-dealkylation sites (tertiary alicyclic amines) is 1. The van der Waals surface area contributed by atoms with Gasteiger partial charge in [-0.1, -0.05) is 24.3 Å². The summed E-state index contributed by atoms with van der Waals surface area (Å²) in [5.41, 5.74) is 3.15. The van der Waals surface area contributed by atoms with Crippen LogP contribution in [0.15, 0.2) is 24.3 Å². The quantitative estimate of drug-likeness (QED) is 0.834. The van der Waals surface area contributed by atoms with E-state index in [0.29, 0.717) is 6.04 Å². The van der Waals surface area contributed by atoms with Crippen LogP contribution in [0.5, 0.6) is 0 Å². The van der Waals surface area contributed by atoms with Crippen molar-refractivity contribution in [3.63, 3.8) is 0 Å². The van der Waals surface area contributed by atoms with E-state index in [1.54, 1.807) is 11.1 Å². The zero-order chi connectivity index (χ0) is 11.7. The van der Waals surface area contributed by atoms with Crippen molar-refractivity contribution in [3.05, 3.63) is 35.4 Å². The Morgan fingerprint density at radius 1 is 1.18 bits per heavy atom. The first-order chi connectivity index (χ1) is 8.36. The van der Waals surface area contributed by atoms with Crippen LogP contribution >= 0.6 is 0 Å². The maximum absolute atomic E-state index is 3.44. The molecule has 0 radical (unpaired) electrons. The van der Waals surface area contributed by atoms with Crippen molar-refractivity contribution in [2.75, 3.05) is 20.1 Å². The zero-order valence-corrected chi connectivity index (χ0v) is 10.7. The molecule has 92 valence electrons. The molecule has 2 nitrogen and oxygen atoms in total. The van der Waals surface area contributed by atoms with Crippen molar-refractivity contribution in [3.8, 4) is 0 Å². The Hall–Kier alpha value is -0.860. The first-order valence-electron chi connectivity index (χ1n) is 6.85. The second-order valence-corrected chi connectivity index (χ2v) is 5.45. The van der Waals surface area contributed by atoms with Gasteiger partial charge in [0.15, 0.2) is 0 Å². The minimum Gasteiger partial charge on any atom is -0.316 e. The van der Waals surface area contributed by atoms with E-state index < -0.39 is 0 Å². The fourth-order valence-electron chi connectivity index (χ4n) is 3.37. The van der Waals surface area contributed by atoms with Crippen LogP contribution in [-0.4, -0.2) is 37.1 Å². The average Bonchev–Trinajstić information content (AvgIpc) is 2.82. The van der Waals surface area contributed by atoms with Gasteiger partial charge >= 0.3 is 0 Å². The third-order valence-corrected chi connectivity index (χ3v) is 4.41. The van der Waals surface area contributed by atoms with Crippen LogP contribution in [-0.2, 0) is 12.8 Å². The van der Waals surface area contributed by atoms with Crippen molar-refractivity contribution in [2.45, 2.75) is 37.8 Å². The monoisotopic (exact) mass is 230 g/mol. The summed E-state index contributed by atoms with van der Waals surface area (Å²) >= 11 is 0. The molecule has 1 aliphatic heterocycles. The molecule has 0 bridgehead atoms. The molecule has 1 fully saturated rings. The third-order valence-electron chi connectivity index (χ3n) is 4.41. The van der Waals surface area contributed by atoms with Crippen molar-refractivity contribution in [1.82, 2.24) is 10.2 Å². The molecule has 1 heterocycles. The van der Waals surface area contributed by atoms with Crippen LogP contribution in [0.1, 0.15) is 24.0 Å². The van der Waals surface area contributed by atoms with Gasteiger partial charge in [-0.05, 0) is 50.4 Å². The second kappa shape index (κ2) is 4.79. The lowest BCUT2D eigenvalue weighted by atomic mass is 10.0. The normalized spacial score (nSPS) is 26.1. The topological polar surface area (TPSA) is 15.3 Å². The highest BCUT2D eigenvalue weighted by Gasteiger charge is 2.29. The summed E-state index contributed by atoms with van der Waals surface area (Å²) in [4.78, 5) is 2.70. The van der Waals surface area contributed by atoms with Gasteiger partial charge in [0.05, 0.1) is 0 Å². The summed E-state index contributed by atoms with van der Waals surface area (Å²) in [5, 5.41) is 3.44. The number of fused-ring (bicyclic) bond motifs is 1. The van der Waals surface area contributed by atoms with Gasteiger partial charge in [-0.3, -0.25) is 4.90 Å². The molecule has 3 rings (SSSR count). The number of hydrogen-bond donors (Lipinski definition) is 1. The van der Waals surface area contributed by atoms with E-state index in [1.165, 1.54) is 38.8 Å². The van der Waals surface area contributed by atoms with Crippen molar-refractivity contribution in [2.24, 2.45) is 0 Å². The molecule has 1 saturated heterocycles. The number of piperidine rings is 1. The smallest absolute Gasteiger partial charge is 0.0192 e. The van der Waals surface area contributed by atoms with E-state index in [0.717, 1.165) is 6.04 Å². The molecule has 1 N–H and O–H groups in total. The predicted molar refractivity (Wildman–Crippen MR) is 71.3 cm³/mol. The molecule has 1 unspecified atom stereocenters. The summed E-state index contributed by atoms with van der Waals surface area (Å²) in [6, 6.07) is 10.4. The standard InChI is InChI=1S/C15H22N2/c1-16-14-7-4-8-17(11-14)15-9-12-5-2-3-6-13(12)10-15/h2-3,5-6,14-16H,4,7-11H2,1H3. The minimum atomic E-state index is 0.701. The highest BCUT2D eigenvalue weighted by molar-refractivity contribution is 5.33. The Morgan fingerprint density at radius 3 is 2.53 bits per heavy atom. The maximum Gasteiger partial charge on any atom is 0.0192 e. The molecule has 1 aliphatic carbocycles. The van der Waals surface area contributed by atoms with Gasteiger partial charge in [0.2, 0.25) is 0 Å². The van der Waals surface area contributed by atoms with Crippen LogP contribution in [0.3, 0.4) is 0 Å². The Bertz CT molecular complexity index is 363. The van der Waals surface area contributed by atoms with E-state index in [9.17, 15) is 0 Å². The Labute approximate surface area is 104 Å². The molecule has 1 atom stereocenters. The fourth-order valence-corrected chi connectivity index (χ4v) is 3.37. The molecule has 0 saturated carbocycles. The number of rotatable bonds is 2. The van der Waals surface area contributed by atoms with Gasteiger partial charge in [0.1, 0.15) is 0 Å². The second-order valence-electron chi connectivity index (χ2n) is 5.45. The van der Waals surface area contributed by atoms with Gasteiger partial charge < -0.3 is 5.32 Å². The van der Waals surface area contributed by atoms with Crippen LogP contribution in [0, 0.1) is 0 Å². The minimum absolute atomic E-state index is 0.701. The Kier molecular flexibility index (Phi) is 3.17. The lowest BCUT2D eigenvalue weighted by Crippen LogP contribution is -2.49. The number of hydrogen-bond acceptors (Lipinski definition) is 2. The number of nitrogens with one attached hydrogen (secondary N) is 1. The Balaban J connectivity index is 1.68. The van der Waals surface area contributed by atoms with Gasteiger partial charge in [-0.25, -0.2) is 0 Å². The lowest BCUT2D eigenvalue weighted by Gasteiger charge is -2.36. The molecular weight excluding hydrogens is 208 g/mol. The van der Waals surface area contributed by atoms with Crippen molar-refractivity contribution < 1.29 is 0 Å². The summed E-state index contributed by atoms with van der Waals surface area (Å²) in [5.74, 6) is 0. The molecule has 0 amide bonds. The third kappa shape index (κ3) is 2.24. The number of benzene rings is 1. The van der Waals surface area contributed by atoms with Gasteiger partial charge in [-0.15, -0.1) is 0 Å². The molecule has 2 aliphatic rings. The SMILES string of the molecule is CNC1CCCN(C2Cc3ccccc3C2)C1. The largest absolute Gasteiger partial charge is 0.316 e. The van der Waals surface area contributed by atoms with E-state index in [4.69, 9.17) is 0 Å². The molecular formula is C15H22N2. The fraction of sp³-hybridized carbons (Fsp3) is 0.600. The highest BCUT2D eigenvalue weighted by atomic mass is 15.2. The first-order valence-corrected chi connectivity index (χ1v) is 6.85. The van der Waals surface area contributed by atoms with Gasteiger partial charge in [0.25, 0.3) is 0 Å². The zero-order valence-electron chi connectivity index (χ0n) is 10.7. The van der Waals surface area contributed by atoms with Crippen LogP contribution < -0.4 is 5.32 Å². The maximum atomic E-state index is 3.44. The lowest BCUT2D eigenvalue weighted by molar-refractivity contribution is 0.143. The molecule has 0 spiro atoms. The van der Waals surface area contributed by atoms with Crippen molar-refractivity contribution in [1.29, 1.82) is 0 Å². The summed E-state index contributed by atoms with van der Waals surface area (Å²) in [6.07, 6.45) is 5.20. The molecule has 0 aromatic heterocycles. The number of likely N-dealkylation sites (N-methyl/N-ethyl adjacent to an activating group) is 1. The highest BCUT2D eigenvalue weighted by Crippen LogP contribution is 2.27. The van der Waals surface area contributed by atoms with Crippen LogP contribution in [0.2, 0.25) is 0 Å². The van der Waals surface area contributed by atoms with Crippen LogP contribution in [0.4, 0.5) is 0 Å². The van der Waals surface area contributed by atoms with E-state index in [2.05, 4.69) is 41.5 Å².